The smallest absolute Gasteiger partial charge is 0.433 e. The van der Waals surface area contributed by atoms with Crippen LogP contribution in [0, 0.1) is 0 Å². The normalized spacial score (nSPS) is 11.8. The molecule has 0 saturated heterocycles. The summed E-state index contributed by atoms with van der Waals surface area (Å²) in [6, 6.07) is 11.5. The van der Waals surface area contributed by atoms with E-state index in [0.29, 0.717) is 5.69 Å². The van der Waals surface area contributed by atoms with E-state index in [-0.39, 0.29) is 16.7 Å². The van der Waals surface area contributed by atoms with Crippen LogP contribution in [0.25, 0.3) is 22.4 Å². The van der Waals surface area contributed by atoms with Crippen molar-refractivity contribution in [3.05, 3.63) is 77.0 Å². The Morgan fingerprint density at radius 3 is 2.37 bits per heavy atom. The molecule has 0 unspecified atom stereocenters. The summed E-state index contributed by atoms with van der Waals surface area (Å²) in [5.74, 6) is -0.493. The second kappa shape index (κ2) is 5.97. The van der Waals surface area contributed by atoms with Gasteiger partial charge in [-0.1, -0.05) is 18.2 Å². The molecule has 9 heteroatoms. The Morgan fingerprint density at radius 1 is 1.00 bits per heavy atom. The van der Waals surface area contributed by atoms with E-state index in [4.69, 9.17) is 0 Å². The molecule has 0 aliphatic rings. The largest absolute Gasteiger partial charge is 0.505 e. The van der Waals surface area contributed by atoms with E-state index in [1.54, 1.807) is 36.4 Å². The molecular weight excluding hydrogens is 361 g/mol. The molecular formula is C18H11F3N4O2. The predicted molar refractivity (Wildman–Crippen MR) is 91.1 cm³/mol. The van der Waals surface area contributed by atoms with Crippen LogP contribution in [-0.2, 0) is 6.18 Å². The quantitative estimate of drug-likeness (QED) is 0.586. The third kappa shape index (κ3) is 2.73. The van der Waals surface area contributed by atoms with E-state index in [2.05, 4.69) is 10.1 Å². The number of fused-ring (bicyclic) bond motifs is 1. The lowest BCUT2D eigenvalue weighted by molar-refractivity contribution is -0.141. The Labute approximate surface area is 149 Å². The van der Waals surface area contributed by atoms with Gasteiger partial charge in [0.1, 0.15) is 5.69 Å². The molecule has 0 fully saturated rings. The Balaban J connectivity index is 2.17. The van der Waals surface area contributed by atoms with Crippen LogP contribution in [0.1, 0.15) is 5.69 Å². The van der Waals surface area contributed by atoms with Crippen molar-refractivity contribution < 1.29 is 18.3 Å². The number of alkyl halides is 3. The van der Waals surface area contributed by atoms with Crippen molar-refractivity contribution in [1.82, 2.24) is 19.3 Å². The van der Waals surface area contributed by atoms with Crippen molar-refractivity contribution in [2.45, 2.75) is 6.18 Å². The number of pyridine rings is 2. The van der Waals surface area contributed by atoms with Crippen molar-refractivity contribution in [3.63, 3.8) is 0 Å². The molecule has 0 aliphatic heterocycles. The number of para-hydroxylation sites is 1. The van der Waals surface area contributed by atoms with Crippen LogP contribution in [0.2, 0.25) is 0 Å². The van der Waals surface area contributed by atoms with E-state index in [9.17, 15) is 23.1 Å². The summed E-state index contributed by atoms with van der Waals surface area (Å²) in [6.07, 6.45) is -1.82. The molecule has 4 aromatic rings. The standard InChI is InChI=1S/C18H11F3N4O2/c19-18(20,21)13-8-7-12-15(26)14(24-10-4-9-22-24)17(27)25(16(12)23-13)11-5-2-1-3-6-11/h1-10,26H. The summed E-state index contributed by atoms with van der Waals surface area (Å²) in [7, 11) is 0. The predicted octanol–water partition coefficient (Wildman–Crippen LogP) is 3.30. The molecule has 1 aromatic carbocycles. The van der Waals surface area contributed by atoms with Gasteiger partial charge in [0, 0.05) is 12.4 Å². The van der Waals surface area contributed by atoms with E-state index >= 15 is 0 Å². The summed E-state index contributed by atoms with van der Waals surface area (Å²) in [5.41, 5.74) is -2.08. The SMILES string of the molecule is O=c1c(-n2cccn2)c(O)c2ccc(C(F)(F)F)nc2n1-c1ccccc1. The highest BCUT2D eigenvalue weighted by molar-refractivity contribution is 5.87. The topological polar surface area (TPSA) is 72.9 Å². The Morgan fingerprint density at radius 2 is 1.74 bits per heavy atom. The minimum absolute atomic E-state index is 0.00282. The zero-order valence-electron chi connectivity index (χ0n) is 13.6. The highest BCUT2D eigenvalue weighted by atomic mass is 19.4. The highest BCUT2D eigenvalue weighted by Crippen LogP contribution is 2.33. The molecule has 6 nitrogen and oxygen atoms in total. The van der Waals surface area contributed by atoms with E-state index in [1.165, 1.54) is 12.4 Å². The molecule has 0 radical (unpaired) electrons. The zero-order valence-corrected chi connectivity index (χ0v) is 13.6. The molecule has 136 valence electrons. The van der Waals surface area contributed by atoms with Crippen molar-refractivity contribution >= 4 is 11.0 Å². The van der Waals surface area contributed by atoms with Gasteiger partial charge in [0.2, 0.25) is 0 Å². The van der Waals surface area contributed by atoms with Crippen molar-refractivity contribution in [1.29, 1.82) is 0 Å². The fraction of sp³-hybridized carbons (Fsp3) is 0.0556. The lowest BCUT2D eigenvalue weighted by Gasteiger charge is -2.15. The van der Waals surface area contributed by atoms with Gasteiger partial charge in [-0.05, 0) is 30.3 Å². The van der Waals surface area contributed by atoms with E-state index in [1.807, 2.05) is 0 Å². The second-order valence-electron chi connectivity index (χ2n) is 5.69. The summed E-state index contributed by atoms with van der Waals surface area (Å²) in [4.78, 5) is 16.7. The minimum atomic E-state index is -4.69. The van der Waals surface area contributed by atoms with Gasteiger partial charge in [-0.25, -0.2) is 9.67 Å². The van der Waals surface area contributed by atoms with Gasteiger partial charge >= 0.3 is 6.18 Å². The Kier molecular flexibility index (Phi) is 3.72. The minimum Gasteiger partial charge on any atom is -0.505 e. The Bertz CT molecular complexity index is 1180. The molecule has 0 saturated carbocycles. The third-order valence-corrected chi connectivity index (χ3v) is 4.01. The maximum Gasteiger partial charge on any atom is 0.433 e. The van der Waals surface area contributed by atoms with Crippen LogP contribution in [-0.4, -0.2) is 24.4 Å². The molecule has 4 rings (SSSR count). The number of halogens is 3. The maximum atomic E-state index is 13.1. The Hall–Kier alpha value is -3.62. The number of rotatable bonds is 2. The van der Waals surface area contributed by atoms with Gasteiger partial charge in [0.15, 0.2) is 17.1 Å². The first kappa shape index (κ1) is 16.8. The summed E-state index contributed by atoms with van der Waals surface area (Å²) in [6.45, 7) is 0. The van der Waals surface area contributed by atoms with Crippen molar-refractivity contribution in [2.75, 3.05) is 0 Å². The van der Waals surface area contributed by atoms with Crippen molar-refractivity contribution in [2.24, 2.45) is 0 Å². The first-order valence-corrected chi connectivity index (χ1v) is 7.79. The fourth-order valence-corrected chi connectivity index (χ4v) is 2.82. The zero-order chi connectivity index (χ0) is 19.2. The molecule has 27 heavy (non-hydrogen) atoms. The van der Waals surface area contributed by atoms with Gasteiger partial charge in [0.05, 0.1) is 11.1 Å². The molecule has 3 aromatic heterocycles. The summed E-state index contributed by atoms with van der Waals surface area (Å²) >= 11 is 0. The average molecular weight is 372 g/mol. The van der Waals surface area contributed by atoms with Crippen LogP contribution < -0.4 is 5.56 Å². The molecule has 0 spiro atoms. The first-order valence-electron chi connectivity index (χ1n) is 7.79. The number of aromatic nitrogens is 4. The average Bonchev–Trinajstić information content (AvgIpc) is 3.16. The number of aromatic hydroxyl groups is 1. The highest BCUT2D eigenvalue weighted by Gasteiger charge is 2.33. The van der Waals surface area contributed by atoms with Crippen LogP contribution >= 0.6 is 0 Å². The number of hydrogen-bond acceptors (Lipinski definition) is 4. The van der Waals surface area contributed by atoms with Crippen molar-refractivity contribution in [3.8, 4) is 17.1 Å². The van der Waals surface area contributed by atoms with Gasteiger partial charge in [-0.2, -0.15) is 18.3 Å². The molecule has 3 heterocycles. The lowest BCUT2D eigenvalue weighted by atomic mass is 10.2. The summed E-state index contributed by atoms with van der Waals surface area (Å²) in [5, 5.41) is 14.5. The van der Waals surface area contributed by atoms with E-state index in [0.717, 1.165) is 21.4 Å². The van der Waals surface area contributed by atoms with Gasteiger partial charge in [-0.3, -0.25) is 9.36 Å². The number of hydrogen-bond donors (Lipinski definition) is 1. The van der Waals surface area contributed by atoms with Gasteiger partial charge in [0.25, 0.3) is 5.56 Å². The number of nitrogens with zero attached hydrogens (tertiary/aromatic N) is 4. The maximum absolute atomic E-state index is 13.1. The molecule has 0 amide bonds. The van der Waals surface area contributed by atoms with Crippen LogP contribution in [0.4, 0.5) is 13.2 Å². The molecule has 0 atom stereocenters. The van der Waals surface area contributed by atoms with E-state index < -0.39 is 23.2 Å². The second-order valence-corrected chi connectivity index (χ2v) is 5.69. The lowest BCUT2D eigenvalue weighted by Crippen LogP contribution is -2.25. The number of benzene rings is 1. The third-order valence-electron chi connectivity index (χ3n) is 4.01. The molecule has 0 bridgehead atoms. The fourth-order valence-electron chi connectivity index (χ4n) is 2.82. The first-order chi connectivity index (χ1) is 12.9. The van der Waals surface area contributed by atoms with Gasteiger partial charge < -0.3 is 5.11 Å². The van der Waals surface area contributed by atoms with Crippen LogP contribution in [0.15, 0.2) is 65.7 Å². The van der Waals surface area contributed by atoms with Crippen LogP contribution in [0.3, 0.4) is 0 Å². The molecule has 0 aliphatic carbocycles. The summed E-state index contributed by atoms with van der Waals surface area (Å²) < 4.78 is 41.6. The van der Waals surface area contributed by atoms with Gasteiger partial charge in [-0.15, -0.1) is 0 Å². The monoisotopic (exact) mass is 372 g/mol. The van der Waals surface area contributed by atoms with Crippen LogP contribution in [0.5, 0.6) is 5.75 Å². The molecule has 1 N–H and O–H groups in total.